The van der Waals surface area contributed by atoms with Gasteiger partial charge in [0, 0.05) is 29.7 Å². The minimum atomic E-state index is -3.64. The number of rotatable bonds is 5. The first-order valence-electron chi connectivity index (χ1n) is 9.16. The predicted molar refractivity (Wildman–Crippen MR) is 114 cm³/mol. The molecule has 28 heavy (non-hydrogen) atoms. The van der Waals surface area contributed by atoms with Gasteiger partial charge in [-0.25, -0.2) is 8.42 Å². The summed E-state index contributed by atoms with van der Waals surface area (Å²) in [6.07, 6.45) is 1.27. The summed E-state index contributed by atoms with van der Waals surface area (Å²) in [5.74, 6) is -0.135. The number of benzene rings is 1. The third kappa shape index (κ3) is 3.50. The maximum atomic E-state index is 13.1. The number of sulfonamides is 1. The van der Waals surface area contributed by atoms with Crippen LogP contribution < -0.4 is 0 Å². The van der Waals surface area contributed by atoms with E-state index in [-0.39, 0.29) is 5.91 Å². The van der Waals surface area contributed by atoms with Crippen LogP contribution in [0.3, 0.4) is 0 Å². The summed E-state index contributed by atoms with van der Waals surface area (Å²) >= 11 is 2.92. The summed E-state index contributed by atoms with van der Waals surface area (Å²) in [7, 11) is -1.88. The van der Waals surface area contributed by atoms with Gasteiger partial charge in [0.2, 0.25) is 5.91 Å². The smallest absolute Gasteiger partial charge is 0.253 e. The van der Waals surface area contributed by atoms with Crippen molar-refractivity contribution in [2.75, 3.05) is 13.6 Å². The van der Waals surface area contributed by atoms with Crippen molar-refractivity contribution in [2.45, 2.75) is 36.6 Å². The highest BCUT2D eigenvalue weighted by Gasteiger charge is 2.41. The second kappa shape index (κ2) is 7.59. The monoisotopic (exact) mass is 434 g/mol. The van der Waals surface area contributed by atoms with Crippen LogP contribution in [0.5, 0.6) is 0 Å². The fourth-order valence-electron chi connectivity index (χ4n) is 3.68. The summed E-state index contributed by atoms with van der Waals surface area (Å²) in [6, 6.07) is 10.9. The number of carbonyl (C=O) groups excluding carboxylic acids is 1. The van der Waals surface area contributed by atoms with Crippen LogP contribution in [-0.2, 0) is 21.4 Å². The Morgan fingerprint density at radius 1 is 1.25 bits per heavy atom. The van der Waals surface area contributed by atoms with Crippen LogP contribution in [0.4, 0.5) is 0 Å². The number of hydrogen-bond donors (Lipinski definition) is 0. The molecule has 3 aromatic rings. The fourth-order valence-corrected chi connectivity index (χ4v) is 7.70. The summed E-state index contributed by atoms with van der Waals surface area (Å²) in [4.78, 5) is 15.7. The van der Waals surface area contributed by atoms with Crippen molar-refractivity contribution in [1.82, 2.24) is 9.21 Å². The molecule has 0 aliphatic carbocycles. The van der Waals surface area contributed by atoms with Crippen molar-refractivity contribution >= 4 is 48.7 Å². The standard InChI is InChI=1S/C20H22N2O3S3/c1-14-9-10-19(27-14)28(24,25)22-11-5-7-17(22)20(23)21(2)12-15-13-26-18-8-4-3-6-16(15)18/h3-4,6,8-10,13,17H,5,7,11-12H2,1-2H3. The van der Waals surface area contributed by atoms with Crippen LogP contribution in [-0.4, -0.2) is 43.2 Å². The molecule has 148 valence electrons. The zero-order chi connectivity index (χ0) is 19.9. The summed E-state index contributed by atoms with van der Waals surface area (Å²) in [5, 5.41) is 3.23. The van der Waals surface area contributed by atoms with Gasteiger partial charge in [0.15, 0.2) is 0 Å². The van der Waals surface area contributed by atoms with Crippen LogP contribution in [0.15, 0.2) is 46.0 Å². The van der Waals surface area contributed by atoms with E-state index in [1.54, 1.807) is 35.4 Å². The zero-order valence-electron chi connectivity index (χ0n) is 15.8. The van der Waals surface area contributed by atoms with Crippen LogP contribution >= 0.6 is 22.7 Å². The van der Waals surface area contributed by atoms with Crippen molar-refractivity contribution < 1.29 is 13.2 Å². The maximum Gasteiger partial charge on any atom is 0.253 e. The lowest BCUT2D eigenvalue weighted by Gasteiger charge is -2.27. The lowest BCUT2D eigenvalue weighted by atomic mass is 10.1. The Balaban J connectivity index is 1.54. The Morgan fingerprint density at radius 3 is 2.79 bits per heavy atom. The largest absolute Gasteiger partial charge is 0.340 e. The van der Waals surface area contributed by atoms with E-state index in [2.05, 4.69) is 17.5 Å². The number of thiophene rings is 2. The molecule has 8 heteroatoms. The highest BCUT2D eigenvalue weighted by Crippen LogP contribution is 2.32. The Morgan fingerprint density at radius 2 is 2.04 bits per heavy atom. The molecular formula is C20H22N2O3S3. The van der Waals surface area contributed by atoms with Gasteiger partial charge in [-0.3, -0.25) is 4.79 Å². The summed E-state index contributed by atoms with van der Waals surface area (Å²) < 4.78 is 29.0. The molecule has 1 aromatic carbocycles. The number of nitrogens with zero attached hydrogens (tertiary/aromatic N) is 2. The number of fused-ring (bicyclic) bond motifs is 1. The highest BCUT2D eigenvalue weighted by molar-refractivity contribution is 7.91. The van der Waals surface area contributed by atoms with Crippen LogP contribution in [0.2, 0.25) is 0 Å². The molecule has 1 amide bonds. The van der Waals surface area contributed by atoms with Gasteiger partial charge in [0.05, 0.1) is 0 Å². The number of carbonyl (C=O) groups is 1. The second-order valence-corrected chi connectivity index (χ2v) is 11.4. The van der Waals surface area contributed by atoms with E-state index < -0.39 is 16.1 Å². The van der Waals surface area contributed by atoms with Gasteiger partial charge < -0.3 is 4.90 Å². The average Bonchev–Trinajstić information content (AvgIpc) is 3.41. The third-order valence-corrected chi connectivity index (χ3v) is 9.50. The first-order chi connectivity index (χ1) is 13.4. The first-order valence-corrected chi connectivity index (χ1v) is 12.3. The molecule has 1 fully saturated rings. The van der Waals surface area contributed by atoms with Gasteiger partial charge in [-0.2, -0.15) is 4.31 Å². The molecular weight excluding hydrogens is 412 g/mol. The number of likely N-dealkylation sites (N-methyl/N-ethyl adjacent to an activating group) is 1. The molecule has 5 nitrogen and oxygen atoms in total. The zero-order valence-corrected chi connectivity index (χ0v) is 18.2. The van der Waals surface area contributed by atoms with E-state index in [0.29, 0.717) is 30.1 Å². The topological polar surface area (TPSA) is 57.7 Å². The van der Waals surface area contributed by atoms with E-state index in [1.807, 2.05) is 19.1 Å². The highest BCUT2D eigenvalue weighted by atomic mass is 32.2. The molecule has 2 aromatic heterocycles. The van der Waals surface area contributed by atoms with Gasteiger partial charge in [0.1, 0.15) is 10.3 Å². The molecule has 0 N–H and O–H groups in total. The third-order valence-electron chi connectivity index (χ3n) is 5.11. The molecule has 1 aliphatic rings. The van der Waals surface area contributed by atoms with Crippen molar-refractivity contribution in [1.29, 1.82) is 0 Å². The Hall–Kier alpha value is -1.74. The van der Waals surface area contributed by atoms with E-state index in [9.17, 15) is 13.2 Å². The van der Waals surface area contributed by atoms with Crippen molar-refractivity contribution in [3.8, 4) is 0 Å². The van der Waals surface area contributed by atoms with Crippen LogP contribution in [0, 0.1) is 6.92 Å². The number of aryl methyl sites for hydroxylation is 1. The average molecular weight is 435 g/mol. The van der Waals surface area contributed by atoms with Crippen molar-refractivity contribution in [3.05, 3.63) is 52.2 Å². The normalized spacial score (nSPS) is 18.0. The molecule has 1 unspecified atom stereocenters. The Bertz CT molecular complexity index is 1120. The fraction of sp³-hybridized carbons (Fsp3) is 0.350. The van der Waals surface area contributed by atoms with Gasteiger partial charge >= 0.3 is 0 Å². The van der Waals surface area contributed by atoms with E-state index in [1.165, 1.54) is 20.3 Å². The summed E-state index contributed by atoms with van der Waals surface area (Å²) in [5.41, 5.74) is 1.10. The molecule has 0 spiro atoms. The Labute approximate surface area is 173 Å². The summed E-state index contributed by atoms with van der Waals surface area (Å²) in [6.45, 7) is 2.76. The van der Waals surface area contributed by atoms with Crippen LogP contribution in [0.1, 0.15) is 23.3 Å². The molecule has 0 saturated carbocycles. The SMILES string of the molecule is Cc1ccc(S(=O)(=O)N2CCCC2C(=O)N(C)Cc2csc3ccccc23)s1. The first kappa shape index (κ1) is 19.6. The second-order valence-electron chi connectivity index (χ2n) is 7.09. The van der Waals surface area contributed by atoms with Crippen LogP contribution in [0.25, 0.3) is 10.1 Å². The van der Waals surface area contributed by atoms with E-state index in [4.69, 9.17) is 0 Å². The number of amides is 1. The van der Waals surface area contributed by atoms with Crippen molar-refractivity contribution in [2.24, 2.45) is 0 Å². The molecule has 0 bridgehead atoms. The molecule has 4 rings (SSSR count). The lowest BCUT2D eigenvalue weighted by Crippen LogP contribution is -2.46. The van der Waals surface area contributed by atoms with Crippen molar-refractivity contribution in [3.63, 3.8) is 0 Å². The number of hydrogen-bond acceptors (Lipinski definition) is 5. The van der Waals surface area contributed by atoms with Gasteiger partial charge in [-0.15, -0.1) is 22.7 Å². The Kier molecular flexibility index (Phi) is 5.30. The molecule has 3 heterocycles. The van der Waals surface area contributed by atoms with E-state index in [0.717, 1.165) is 15.8 Å². The molecule has 1 atom stereocenters. The van der Waals surface area contributed by atoms with Gasteiger partial charge in [-0.05, 0) is 54.3 Å². The molecule has 0 radical (unpaired) electrons. The quantitative estimate of drug-likeness (QED) is 0.608. The molecule has 1 saturated heterocycles. The minimum absolute atomic E-state index is 0.135. The predicted octanol–water partition coefficient (Wildman–Crippen LogP) is 4.08. The van der Waals surface area contributed by atoms with Gasteiger partial charge in [0.25, 0.3) is 10.0 Å². The minimum Gasteiger partial charge on any atom is -0.340 e. The lowest BCUT2D eigenvalue weighted by molar-refractivity contribution is -0.133. The maximum absolute atomic E-state index is 13.1. The van der Waals surface area contributed by atoms with E-state index >= 15 is 0 Å². The van der Waals surface area contributed by atoms with Gasteiger partial charge in [-0.1, -0.05) is 18.2 Å². The molecule has 1 aliphatic heterocycles.